The fraction of sp³-hybridized carbons (Fsp3) is 0.400. The average Bonchev–Trinajstić information content (AvgIpc) is 2.40. The van der Waals surface area contributed by atoms with Crippen LogP contribution in [-0.2, 0) is 6.54 Å². The van der Waals surface area contributed by atoms with Gasteiger partial charge in [-0.25, -0.2) is 4.39 Å². The summed E-state index contributed by atoms with van der Waals surface area (Å²) < 4.78 is 13.7. The van der Waals surface area contributed by atoms with Gasteiger partial charge in [0.15, 0.2) is 0 Å². The smallest absolute Gasteiger partial charge is 0.132 e. The Kier molecular flexibility index (Phi) is 2.99. The molecule has 0 amide bonds. The number of hydrogen-bond acceptors (Lipinski definition) is 3. The van der Waals surface area contributed by atoms with E-state index in [0.717, 1.165) is 17.5 Å². The summed E-state index contributed by atoms with van der Waals surface area (Å²) in [5.74, 6) is -0.236. The topological polar surface area (TPSA) is 36.4 Å². The van der Waals surface area contributed by atoms with Gasteiger partial charge in [-0.1, -0.05) is 13.0 Å². The van der Waals surface area contributed by atoms with Crippen LogP contribution in [0.1, 0.15) is 18.9 Å². The molecule has 2 aromatic rings. The molecular formula is C15H17FN2O. The number of aromatic nitrogens is 1. The molecule has 1 N–H and O–H groups in total. The van der Waals surface area contributed by atoms with Crippen LogP contribution >= 0.6 is 0 Å². The van der Waals surface area contributed by atoms with E-state index in [1.54, 1.807) is 24.4 Å². The molecule has 3 rings (SSSR count). The summed E-state index contributed by atoms with van der Waals surface area (Å²) in [6, 6.07) is 6.77. The van der Waals surface area contributed by atoms with Crippen molar-refractivity contribution in [1.82, 2.24) is 9.88 Å². The lowest BCUT2D eigenvalue weighted by Gasteiger charge is -2.46. The number of aliphatic hydroxyl groups is 1. The van der Waals surface area contributed by atoms with Crippen LogP contribution in [0.4, 0.5) is 4.39 Å². The van der Waals surface area contributed by atoms with E-state index in [-0.39, 0.29) is 5.82 Å². The van der Waals surface area contributed by atoms with Gasteiger partial charge in [0.2, 0.25) is 0 Å². The van der Waals surface area contributed by atoms with Crippen LogP contribution in [0.2, 0.25) is 0 Å². The van der Waals surface area contributed by atoms with E-state index in [4.69, 9.17) is 0 Å². The largest absolute Gasteiger partial charge is 0.387 e. The van der Waals surface area contributed by atoms with Crippen molar-refractivity contribution in [3.05, 3.63) is 41.8 Å². The minimum Gasteiger partial charge on any atom is -0.387 e. The van der Waals surface area contributed by atoms with Crippen molar-refractivity contribution in [2.45, 2.75) is 25.5 Å². The maximum atomic E-state index is 13.7. The van der Waals surface area contributed by atoms with Gasteiger partial charge in [-0.2, -0.15) is 0 Å². The average molecular weight is 260 g/mol. The number of β-amino-alcohol motifs (C(OH)–C–C–N with tert-alkyl or cyclic N) is 1. The van der Waals surface area contributed by atoms with E-state index < -0.39 is 5.60 Å². The second-order valence-electron chi connectivity index (χ2n) is 5.33. The van der Waals surface area contributed by atoms with E-state index >= 15 is 0 Å². The van der Waals surface area contributed by atoms with Crippen LogP contribution in [0.5, 0.6) is 0 Å². The van der Waals surface area contributed by atoms with Crippen LogP contribution in [0.3, 0.4) is 0 Å². The van der Waals surface area contributed by atoms with Gasteiger partial charge in [-0.05, 0) is 30.2 Å². The number of benzene rings is 1. The maximum absolute atomic E-state index is 13.7. The first-order chi connectivity index (χ1) is 9.11. The van der Waals surface area contributed by atoms with Gasteiger partial charge in [-0.3, -0.25) is 9.88 Å². The summed E-state index contributed by atoms with van der Waals surface area (Å²) in [6.45, 7) is 4.05. The monoisotopic (exact) mass is 260 g/mol. The number of likely N-dealkylation sites (tertiary alicyclic amines) is 1. The number of rotatable bonds is 3. The quantitative estimate of drug-likeness (QED) is 0.920. The maximum Gasteiger partial charge on any atom is 0.132 e. The van der Waals surface area contributed by atoms with Crippen molar-refractivity contribution in [3.8, 4) is 0 Å². The zero-order valence-corrected chi connectivity index (χ0v) is 10.9. The number of halogens is 1. The summed E-state index contributed by atoms with van der Waals surface area (Å²) >= 11 is 0. The van der Waals surface area contributed by atoms with Gasteiger partial charge in [0.1, 0.15) is 5.82 Å². The third kappa shape index (κ3) is 2.22. The molecule has 1 saturated heterocycles. The molecule has 1 fully saturated rings. The Morgan fingerprint density at radius 1 is 1.37 bits per heavy atom. The van der Waals surface area contributed by atoms with E-state index in [2.05, 4.69) is 9.88 Å². The number of fused-ring (bicyclic) bond motifs is 1. The molecule has 0 saturated carbocycles. The van der Waals surface area contributed by atoms with Gasteiger partial charge < -0.3 is 5.11 Å². The first kappa shape index (κ1) is 12.5. The molecular weight excluding hydrogens is 243 g/mol. The molecule has 0 aliphatic carbocycles. The van der Waals surface area contributed by atoms with Gasteiger partial charge >= 0.3 is 0 Å². The third-order valence-corrected chi connectivity index (χ3v) is 3.89. The molecule has 1 aliphatic heterocycles. The van der Waals surface area contributed by atoms with Crippen molar-refractivity contribution in [2.24, 2.45) is 0 Å². The zero-order valence-electron chi connectivity index (χ0n) is 10.9. The SMILES string of the molecule is CCC1(O)CN(Cc2ccc(F)c3cccnc23)C1. The zero-order chi connectivity index (χ0) is 13.5. The normalized spacial score (nSPS) is 18.5. The predicted octanol–water partition coefficient (Wildman–Crippen LogP) is 2.33. The first-order valence-electron chi connectivity index (χ1n) is 6.58. The Labute approximate surface area is 111 Å². The van der Waals surface area contributed by atoms with E-state index in [0.29, 0.717) is 25.0 Å². The van der Waals surface area contributed by atoms with Gasteiger partial charge in [0, 0.05) is 31.2 Å². The molecule has 2 heterocycles. The highest BCUT2D eigenvalue weighted by atomic mass is 19.1. The van der Waals surface area contributed by atoms with Crippen molar-refractivity contribution < 1.29 is 9.50 Å². The Balaban J connectivity index is 1.85. The molecule has 1 aromatic carbocycles. The Hall–Kier alpha value is -1.52. The third-order valence-electron chi connectivity index (χ3n) is 3.89. The lowest BCUT2D eigenvalue weighted by atomic mass is 9.91. The Bertz CT molecular complexity index is 608. The van der Waals surface area contributed by atoms with Crippen LogP contribution in [0.15, 0.2) is 30.5 Å². The minimum absolute atomic E-state index is 0.236. The molecule has 4 heteroatoms. The number of hydrogen-bond donors (Lipinski definition) is 1. The van der Waals surface area contributed by atoms with Crippen molar-refractivity contribution in [1.29, 1.82) is 0 Å². The highest BCUT2D eigenvalue weighted by molar-refractivity contribution is 5.82. The summed E-state index contributed by atoms with van der Waals surface area (Å²) in [6.07, 6.45) is 2.45. The number of pyridine rings is 1. The lowest BCUT2D eigenvalue weighted by Crippen LogP contribution is -2.60. The van der Waals surface area contributed by atoms with Crippen LogP contribution in [-0.4, -0.2) is 33.7 Å². The van der Waals surface area contributed by atoms with Gasteiger partial charge in [-0.15, -0.1) is 0 Å². The fourth-order valence-corrected chi connectivity index (χ4v) is 2.69. The minimum atomic E-state index is -0.538. The number of nitrogens with zero attached hydrogens (tertiary/aromatic N) is 2. The van der Waals surface area contributed by atoms with Crippen LogP contribution < -0.4 is 0 Å². The predicted molar refractivity (Wildman–Crippen MR) is 72.2 cm³/mol. The second kappa shape index (κ2) is 4.54. The van der Waals surface area contributed by atoms with Crippen molar-refractivity contribution in [2.75, 3.05) is 13.1 Å². The molecule has 1 aromatic heterocycles. The molecule has 0 radical (unpaired) electrons. The highest BCUT2D eigenvalue weighted by Gasteiger charge is 2.39. The second-order valence-corrected chi connectivity index (χ2v) is 5.33. The fourth-order valence-electron chi connectivity index (χ4n) is 2.69. The first-order valence-corrected chi connectivity index (χ1v) is 6.58. The van der Waals surface area contributed by atoms with Crippen molar-refractivity contribution in [3.63, 3.8) is 0 Å². The summed E-state index contributed by atoms with van der Waals surface area (Å²) in [5.41, 5.74) is 1.19. The molecule has 0 spiro atoms. The molecule has 0 atom stereocenters. The van der Waals surface area contributed by atoms with E-state index in [9.17, 15) is 9.50 Å². The van der Waals surface area contributed by atoms with Crippen LogP contribution in [0.25, 0.3) is 10.9 Å². The Morgan fingerprint density at radius 2 is 2.16 bits per heavy atom. The Morgan fingerprint density at radius 3 is 2.89 bits per heavy atom. The molecule has 1 aliphatic rings. The lowest BCUT2D eigenvalue weighted by molar-refractivity contribution is -0.103. The van der Waals surface area contributed by atoms with Crippen LogP contribution in [0, 0.1) is 5.82 Å². The van der Waals surface area contributed by atoms with Crippen molar-refractivity contribution >= 4 is 10.9 Å². The van der Waals surface area contributed by atoms with E-state index in [1.807, 2.05) is 6.92 Å². The molecule has 0 unspecified atom stereocenters. The molecule has 0 bridgehead atoms. The summed E-state index contributed by atoms with van der Waals surface area (Å²) in [4.78, 5) is 6.44. The summed E-state index contributed by atoms with van der Waals surface area (Å²) in [5, 5.41) is 10.6. The molecule has 100 valence electrons. The van der Waals surface area contributed by atoms with Gasteiger partial charge in [0.25, 0.3) is 0 Å². The molecule has 19 heavy (non-hydrogen) atoms. The highest BCUT2D eigenvalue weighted by Crippen LogP contribution is 2.28. The molecule has 3 nitrogen and oxygen atoms in total. The summed E-state index contributed by atoms with van der Waals surface area (Å²) in [7, 11) is 0. The van der Waals surface area contributed by atoms with E-state index in [1.165, 1.54) is 6.07 Å². The standard InChI is InChI=1S/C15H17FN2O/c1-2-15(19)9-18(10-15)8-11-5-6-13(16)12-4-3-7-17-14(11)12/h3-7,19H,2,8-10H2,1H3. The van der Waals surface area contributed by atoms with Gasteiger partial charge in [0.05, 0.1) is 11.1 Å².